The molecule has 0 aliphatic carbocycles. The van der Waals surface area contributed by atoms with Gasteiger partial charge in [0.05, 0.1) is 6.61 Å². The number of hydrogen-bond acceptors (Lipinski definition) is 4. The van der Waals surface area contributed by atoms with Crippen molar-refractivity contribution in [3.8, 4) is 0 Å². The fraction of sp³-hybridized carbons (Fsp3) is 0.429. The summed E-state index contributed by atoms with van der Waals surface area (Å²) >= 11 is 0. The predicted octanol–water partition coefficient (Wildman–Crippen LogP) is 0.856. The summed E-state index contributed by atoms with van der Waals surface area (Å²) in [6.45, 7) is 1.17. The van der Waals surface area contributed by atoms with E-state index in [1.807, 2.05) is 0 Å². The molecule has 0 spiro atoms. The molecule has 0 aromatic rings. The lowest BCUT2D eigenvalue weighted by molar-refractivity contribution is -0.168. The van der Waals surface area contributed by atoms with Crippen LogP contribution in [0.2, 0.25) is 0 Å². The number of hydrogen-bond donors (Lipinski definition) is 1. The normalized spacial score (nSPS) is 10.3. The highest BCUT2D eigenvalue weighted by Gasteiger charge is 2.43. The number of nitrogens with one attached hydrogen (secondary N) is 1. The van der Waals surface area contributed by atoms with Gasteiger partial charge < -0.3 is 4.74 Å². The second-order valence-electron chi connectivity index (χ2n) is 2.05. The molecule has 0 heterocycles. The van der Waals surface area contributed by atoms with Crippen molar-refractivity contribution in [2.45, 2.75) is 13.1 Å². The van der Waals surface area contributed by atoms with E-state index >= 15 is 0 Å². The van der Waals surface area contributed by atoms with E-state index in [1.165, 1.54) is 6.92 Å². The standard InChI is InChI=1S/C7H6F3NO3/c1-2-14-6(13)4(3-11)5(12)7(8,9)10/h11H,2H2,1H3. The summed E-state index contributed by atoms with van der Waals surface area (Å²) in [4.78, 5) is 21.2. The van der Waals surface area contributed by atoms with E-state index in [0.717, 1.165) is 5.87 Å². The first-order valence-corrected chi connectivity index (χ1v) is 3.43. The van der Waals surface area contributed by atoms with E-state index in [2.05, 4.69) is 4.74 Å². The Morgan fingerprint density at radius 1 is 1.43 bits per heavy atom. The zero-order valence-corrected chi connectivity index (χ0v) is 7.07. The molecule has 0 unspecified atom stereocenters. The minimum absolute atomic E-state index is 0.185. The summed E-state index contributed by atoms with van der Waals surface area (Å²) in [5, 5.41) is 6.37. The van der Waals surface area contributed by atoms with Crippen molar-refractivity contribution in [2.24, 2.45) is 0 Å². The fourth-order valence-corrected chi connectivity index (χ4v) is 0.545. The minimum Gasteiger partial charge on any atom is -0.462 e. The lowest BCUT2D eigenvalue weighted by atomic mass is 10.2. The van der Waals surface area contributed by atoms with Crippen LogP contribution in [0.4, 0.5) is 13.2 Å². The van der Waals surface area contributed by atoms with Gasteiger partial charge in [-0.3, -0.25) is 10.2 Å². The molecule has 0 amide bonds. The zero-order chi connectivity index (χ0) is 11.4. The van der Waals surface area contributed by atoms with Crippen LogP contribution in [0.25, 0.3) is 0 Å². The van der Waals surface area contributed by atoms with E-state index in [-0.39, 0.29) is 6.61 Å². The fourth-order valence-electron chi connectivity index (χ4n) is 0.545. The zero-order valence-electron chi connectivity index (χ0n) is 7.07. The van der Waals surface area contributed by atoms with Crippen molar-refractivity contribution in [2.75, 3.05) is 6.61 Å². The SMILES string of the molecule is CCOC(=O)C(=C=N)C(=O)C(F)(F)F. The van der Waals surface area contributed by atoms with Gasteiger partial charge in [-0.2, -0.15) is 13.2 Å². The van der Waals surface area contributed by atoms with Crippen LogP contribution in [0.5, 0.6) is 0 Å². The van der Waals surface area contributed by atoms with Crippen molar-refractivity contribution in [1.82, 2.24) is 0 Å². The molecule has 7 heteroatoms. The lowest BCUT2D eigenvalue weighted by Gasteiger charge is -2.05. The summed E-state index contributed by atoms with van der Waals surface area (Å²) in [6, 6.07) is 0. The number of Topliss-reactive ketones (excluding diaryl/α,β-unsaturated/α-hetero) is 1. The Bertz CT molecular complexity index is 302. The van der Waals surface area contributed by atoms with Gasteiger partial charge in [0.1, 0.15) is 0 Å². The average Bonchev–Trinajstić information content (AvgIpc) is 2.04. The Labute approximate surface area is 76.9 Å². The molecule has 0 rings (SSSR count). The monoisotopic (exact) mass is 209 g/mol. The number of alkyl halides is 3. The molecule has 0 bridgehead atoms. The van der Waals surface area contributed by atoms with E-state index in [4.69, 9.17) is 5.41 Å². The highest BCUT2D eigenvalue weighted by molar-refractivity contribution is 6.25. The van der Waals surface area contributed by atoms with Gasteiger partial charge in [-0.15, -0.1) is 0 Å². The maximum atomic E-state index is 11.8. The molecule has 0 aliphatic heterocycles. The van der Waals surface area contributed by atoms with Crippen LogP contribution in [0.1, 0.15) is 6.92 Å². The molecule has 0 aromatic carbocycles. The Morgan fingerprint density at radius 2 is 1.93 bits per heavy atom. The molecule has 14 heavy (non-hydrogen) atoms. The van der Waals surface area contributed by atoms with E-state index < -0.39 is 23.5 Å². The Morgan fingerprint density at radius 3 is 2.21 bits per heavy atom. The average molecular weight is 209 g/mol. The van der Waals surface area contributed by atoms with Crippen LogP contribution >= 0.6 is 0 Å². The maximum absolute atomic E-state index is 11.8. The quantitative estimate of drug-likeness (QED) is 0.246. The number of halogens is 3. The third kappa shape index (κ3) is 3.02. The second-order valence-corrected chi connectivity index (χ2v) is 2.05. The van der Waals surface area contributed by atoms with Gasteiger partial charge in [0.2, 0.25) is 0 Å². The van der Waals surface area contributed by atoms with Gasteiger partial charge in [-0.05, 0) is 12.8 Å². The highest BCUT2D eigenvalue weighted by atomic mass is 19.4. The van der Waals surface area contributed by atoms with E-state index in [0.29, 0.717) is 0 Å². The highest BCUT2D eigenvalue weighted by Crippen LogP contribution is 2.20. The molecule has 0 aromatic heterocycles. The van der Waals surface area contributed by atoms with Gasteiger partial charge in [0, 0.05) is 0 Å². The molecule has 0 atom stereocenters. The van der Waals surface area contributed by atoms with Gasteiger partial charge in [-0.1, -0.05) is 0 Å². The number of ether oxygens (including phenoxy) is 1. The van der Waals surface area contributed by atoms with Crippen LogP contribution in [0.3, 0.4) is 0 Å². The summed E-state index contributed by atoms with van der Waals surface area (Å²) in [6.07, 6.45) is -5.20. The van der Waals surface area contributed by atoms with E-state index in [9.17, 15) is 22.8 Å². The number of ketones is 1. The smallest absolute Gasteiger partial charge is 0.455 e. The maximum Gasteiger partial charge on any atom is 0.455 e. The van der Waals surface area contributed by atoms with Gasteiger partial charge >= 0.3 is 12.1 Å². The number of carbonyl (C=O) groups excluding carboxylic acids is 2. The number of carbonyl (C=O) groups is 2. The molecule has 0 saturated heterocycles. The van der Waals surface area contributed by atoms with Crippen LogP contribution in [-0.4, -0.2) is 30.4 Å². The first-order chi connectivity index (χ1) is 6.34. The molecule has 1 N–H and O–H groups in total. The first-order valence-electron chi connectivity index (χ1n) is 3.43. The molecule has 4 nitrogen and oxygen atoms in total. The van der Waals surface area contributed by atoms with Crippen molar-refractivity contribution in [3.63, 3.8) is 0 Å². The topological polar surface area (TPSA) is 67.2 Å². The Hall–Kier alpha value is -1.62. The van der Waals surface area contributed by atoms with Crippen LogP contribution < -0.4 is 0 Å². The Kier molecular flexibility index (Phi) is 4.04. The predicted molar refractivity (Wildman–Crippen MR) is 38.9 cm³/mol. The van der Waals surface area contributed by atoms with Gasteiger partial charge in [0.15, 0.2) is 5.57 Å². The number of esters is 1. The van der Waals surface area contributed by atoms with Gasteiger partial charge in [0.25, 0.3) is 5.78 Å². The summed E-state index contributed by atoms with van der Waals surface area (Å²) in [5.74, 6) is -2.81. The molecular weight excluding hydrogens is 203 g/mol. The second kappa shape index (κ2) is 4.57. The van der Waals surface area contributed by atoms with Crippen molar-refractivity contribution in [3.05, 3.63) is 5.57 Å². The molecule has 0 saturated carbocycles. The van der Waals surface area contributed by atoms with Crippen LogP contribution in [0, 0.1) is 5.41 Å². The summed E-state index contributed by atoms with van der Waals surface area (Å²) in [7, 11) is 0. The molecular formula is C7H6F3NO3. The van der Waals surface area contributed by atoms with Gasteiger partial charge in [-0.25, -0.2) is 4.79 Å². The molecule has 78 valence electrons. The van der Waals surface area contributed by atoms with Crippen molar-refractivity contribution >= 4 is 17.6 Å². The summed E-state index contributed by atoms with van der Waals surface area (Å²) in [5.41, 5.74) is -1.45. The van der Waals surface area contributed by atoms with Crippen molar-refractivity contribution < 1.29 is 27.5 Å². The lowest BCUT2D eigenvalue weighted by Crippen LogP contribution is -2.29. The molecule has 0 aliphatic rings. The minimum atomic E-state index is -5.20. The van der Waals surface area contributed by atoms with Crippen LogP contribution in [-0.2, 0) is 14.3 Å². The van der Waals surface area contributed by atoms with E-state index in [1.54, 1.807) is 0 Å². The first kappa shape index (κ1) is 12.4. The summed E-state index contributed by atoms with van der Waals surface area (Å²) < 4.78 is 39.5. The largest absolute Gasteiger partial charge is 0.462 e. The number of rotatable bonds is 3. The third-order valence-corrected chi connectivity index (χ3v) is 1.09. The Balaban J connectivity index is 4.87. The van der Waals surface area contributed by atoms with Crippen molar-refractivity contribution in [1.29, 1.82) is 5.41 Å². The van der Waals surface area contributed by atoms with Crippen LogP contribution in [0.15, 0.2) is 5.57 Å². The third-order valence-electron chi connectivity index (χ3n) is 1.09. The molecule has 0 fully saturated rings. The molecule has 0 radical (unpaired) electrons.